The summed E-state index contributed by atoms with van der Waals surface area (Å²) < 4.78 is 0. The normalized spacial score (nSPS) is 20.6. The van der Waals surface area contributed by atoms with Gasteiger partial charge in [0.1, 0.15) is 0 Å². The molecule has 0 amide bonds. The molecule has 0 bridgehead atoms. The van der Waals surface area contributed by atoms with Crippen molar-refractivity contribution in [1.82, 2.24) is 4.90 Å². The molecule has 1 heterocycles. The van der Waals surface area contributed by atoms with Gasteiger partial charge in [-0.25, -0.2) is 0 Å². The minimum absolute atomic E-state index is 0.262. The number of likely N-dealkylation sites (tertiary alicyclic amines) is 1. The van der Waals surface area contributed by atoms with Crippen molar-refractivity contribution in [3.8, 4) is 0 Å². The van der Waals surface area contributed by atoms with E-state index in [0.29, 0.717) is 12.5 Å². The molecule has 1 aliphatic heterocycles. The second kappa shape index (κ2) is 5.82. The van der Waals surface area contributed by atoms with E-state index in [0.717, 1.165) is 19.5 Å². The molecule has 17 heavy (non-hydrogen) atoms. The first-order chi connectivity index (χ1) is 8.24. The smallest absolute Gasteiger partial charge is 0.304 e. The monoisotopic (exact) mass is 233 g/mol. The van der Waals surface area contributed by atoms with E-state index >= 15 is 0 Å². The van der Waals surface area contributed by atoms with Gasteiger partial charge < -0.3 is 10.0 Å². The first-order valence-electron chi connectivity index (χ1n) is 6.22. The summed E-state index contributed by atoms with van der Waals surface area (Å²) in [5, 5.41) is 8.65. The molecule has 0 saturated carbocycles. The van der Waals surface area contributed by atoms with Crippen LogP contribution in [0, 0.1) is 5.92 Å². The quantitative estimate of drug-likeness (QED) is 0.846. The summed E-state index contributed by atoms with van der Waals surface area (Å²) in [4.78, 5) is 12.8. The number of hydrogen-bond acceptors (Lipinski definition) is 2. The summed E-state index contributed by atoms with van der Waals surface area (Å²) in [6.07, 6.45) is 2.57. The number of carboxylic acids is 1. The molecule has 0 spiro atoms. The third-order valence-electron chi connectivity index (χ3n) is 3.38. The number of hydrogen-bond donors (Lipinski definition) is 1. The average Bonchev–Trinajstić information content (AvgIpc) is 2.75. The maximum atomic E-state index is 10.5. The van der Waals surface area contributed by atoms with Gasteiger partial charge in [0.2, 0.25) is 0 Å². The van der Waals surface area contributed by atoms with Crippen molar-refractivity contribution in [1.29, 1.82) is 0 Å². The average molecular weight is 233 g/mol. The number of rotatable bonds is 5. The van der Waals surface area contributed by atoms with Gasteiger partial charge in [0.15, 0.2) is 0 Å². The summed E-state index contributed by atoms with van der Waals surface area (Å²) in [5.74, 6) is -0.0114. The van der Waals surface area contributed by atoms with Gasteiger partial charge in [-0.1, -0.05) is 30.3 Å². The van der Waals surface area contributed by atoms with Crippen LogP contribution >= 0.6 is 0 Å². The summed E-state index contributed by atoms with van der Waals surface area (Å²) in [5.41, 5.74) is 1.39. The minimum atomic E-state index is -0.698. The Labute approximate surface area is 102 Å². The molecule has 2 rings (SSSR count). The van der Waals surface area contributed by atoms with Gasteiger partial charge >= 0.3 is 5.97 Å². The van der Waals surface area contributed by atoms with Crippen LogP contribution < -0.4 is 0 Å². The zero-order valence-electron chi connectivity index (χ0n) is 10.0. The summed E-state index contributed by atoms with van der Waals surface area (Å²) >= 11 is 0. The Hall–Kier alpha value is -1.35. The molecule has 1 atom stereocenters. The predicted molar refractivity (Wildman–Crippen MR) is 66.9 cm³/mol. The van der Waals surface area contributed by atoms with Gasteiger partial charge in [-0.15, -0.1) is 0 Å². The second-order valence-electron chi connectivity index (χ2n) is 4.79. The van der Waals surface area contributed by atoms with Crippen molar-refractivity contribution in [3.05, 3.63) is 35.9 Å². The molecule has 1 unspecified atom stereocenters. The summed E-state index contributed by atoms with van der Waals surface area (Å²) in [6, 6.07) is 10.5. The van der Waals surface area contributed by atoms with E-state index in [1.165, 1.54) is 12.0 Å². The van der Waals surface area contributed by atoms with Gasteiger partial charge in [0.05, 0.1) is 6.42 Å². The Bertz CT molecular complexity index is 364. The number of benzene rings is 1. The fourth-order valence-electron chi connectivity index (χ4n) is 2.48. The Balaban J connectivity index is 1.76. The number of carbonyl (C=O) groups is 1. The Morgan fingerprint density at radius 2 is 2.12 bits per heavy atom. The molecule has 0 radical (unpaired) electrons. The predicted octanol–water partition coefficient (Wildman–Crippen LogP) is 2.03. The molecule has 1 aromatic rings. The van der Waals surface area contributed by atoms with Gasteiger partial charge in [-0.3, -0.25) is 4.79 Å². The Kier molecular flexibility index (Phi) is 4.15. The lowest BCUT2D eigenvalue weighted by atomic mass is 9.99. The molecule has 1 fully saturated rings. The highest BCUT2D eigenvalue weighted by atomic mass is 16.4. The summed E-state index contributed by atoms with van der Waals surface area (Å²) in [6.45, 7) is 2.79. The molecular weight excluding hydrogens is 214 g/mol. The Morgan fingerprint density at radius 1 is 1.35 bits per heavy atom. The fourth-order valence-corrected chi connectivity index (χ4v) is 2.48. The zero-order valence-corrected chi connectivity index (χ0v) is 10.0. The second-order valence-corrected chi connectivity index (χ2v) is 4.79. The van der Waals surface area contributed by atoms with E-state index in [1.807, 2.05) is 6.07 Å². The number of carboxylic acid groups (broad SMARTS) is 1. The molecule has 1 aromatic carbocycles. The molecule has 1 saturated heterocycles. The van der Waals surface area contributed by atoms with Crippen molar-refractivity contribution in [3.63, 3.8) is 0 Å². The van der Waals surface area contributed by atoms with Crippen LogP contribution in [0.25, 0.3) is 0 Å². The molecule has 3 heteroatoms. The van der Waals surface area contributed by atoms with Gasteiger partial charge in [0.25, 0.3) is 0 Å². The van der Waals surface area contributed by atoms with Crippen LogP contribution in [0.3, 0.4) is 0 Å². The third-order valence-corrected chi connectivity index (χ3v) is 3.38. The molecule has 1 aliphatic rings. The van der Waals surface area contributed by atoms with E-state index < -0.39 is 5.97 Å². The molecule has 0 aliphatic carbocycles. The lowest BCUT2D eigenvalue weighted by Crippen LogP contribution is -2.24. The molecular formula is C14H19NO2. The van der Waals surface area contributed by atoms with Crippen molar-refractivity contribution in [2.75, 3.05) is 19.6 Å². The van der Waals surface area contributed by atoms with Crippen LogP contribution in [-0.2, 0) is 11.2 Å². The highest BCUT2D eigenvalue weighted by molar-refractivity contribution is 5.66. The van der Waals surface area contributed by atoms with Gasteiger partial charge in [0, 0.05) is 13.1 Å². The lowest BCUT2D eigenvalue weighted by molar-refractivity contribution is -0.137. The molecule has 0 aromatic heterocycles. The lowest BCUT2D eigenvalue weighted by Gasteiger charge is -2.14. The maximum Gasteiger partial charge on any atom is 0.304 e. The number of nitrogens with zero attached hydrogens (tertiary/aromatic N) is 1. The van der Waals surface area contributed by atoms with E-state index in [1.54, 1.807) is 0 Å². The summed E-state index contributed by atoms with van der Waals surface area (Å²) in [7, 11) is 0. The van der Waals surface area contributed by atoms with Crippen LogP contribution in [-0.4, -0.2) is 35.6 Å². The standard InChI is InChI=1S/C14H19NO2/c16-14(17)7-9-15-8-6-13(11-15)10-12-4-2-1-3-5-12/h1-5,13H,6-11H2,(H,16,17). The van der Waals surface area contributed by atoms with E-state index in [2.05, 4.69) is 29.2 Å². The third kappa shape index (κ3) is 3.86. The van der Waals surface area contributed by atoms with Crippen molar-refractivity contribution < 1.29 is 9.90 Å². The fraction of sp³-hybridized carbons (Fsp3) is 0.500. The molecule has 1 N–H and O–H groups in total. The van der Waals surface area contributed by atoms with E-state index in [9.17, 15) is 4.79 Å². The maximum absolute atomic E-state index is 10.5. The highest BCUT2D eigenvalue weighted by Crippen LogP contribution is 2.20. The van der Waals surface area contributed by atoms with Crippen LogP contribution in [0.4, 0.5) is 0 Å². The highest BCUT2D eigenvalue weighted by Gasteiger charge is 2.22. The Morgan fingerprint density at radius 3 is 2.82 bits per heavy atom. The van der Waals surface area contributed by atoms with E-state index in [-0.39, 0.29) is 6.42 Å². The van der Waals surface area contributed by atoms with Crippen molar-refractivity contribution in [2.45, 2.75) is 19.3 Å². The van der Waals surface area contributed by atoms with Crippen molar-refractivity contribution in [2.24, 2.45) is 5.92 Å². The van der Waals surface area contributed by atoms with Crippen LogP contribution in [0.5, 0.6) is 0 Å². The SMILES string of the molecule is O=C(O)CCN1CCC(Cc2ccccc2)C1. The van der Waals surface area contributed by atoms with Crippen LogP contribution in [0.15, 0.2) is 30.3 Å². The first kappa shape index (κ1) is 12.1. The van der Waals surface area contributed by atoms with Crippen molar-refractivity contribution >= 4 is 5.97 Å². The number of aliphatic carboxylic acids is 1. The first-order valence-corrected chi connectivity index (χ1v) is 6.22. The van der Waals surface area contributed by atoms with Gasteiger partial charge in [-0.2, -0.15) is 0 Å². The van der Waals surface area contributed by atoms with Crippen LogP contribution in [0.2, 0.25) is 0 Å². The van der Waals surface area contributed by atoms with Crippen LogP contribution in [0.1, 0.15) is 18.4 Å². The zero-order chi connectivity index (χ0) is 12.1. The van der Waals surface area contributed by atoms with E-state index in [4.69, 9.17) is 5.11 Å². The largest absolute Gasteiger partial charge is 0.481 e. The molecule has 92 valence electrons. The van der Waals surface area contributed by atoms with Gasteiger partial charge in [-0.05, 0) is 30.9 Å². The molecule has 3 nitrogen and oxygen atoms in total. The topological polar surface area (TPSA) is 40.5 Å². The minimum Gasteiger partial charge on any atom is -0.481 e.